The van der Waals surface area contributed by atoms with Gasteiger partial charge in [0.2, 0.25) is 5.91 Å². The summed E-state index contributed by atoms with van der Waals surface area (Å²) in [7, 11) is 3.12. The monoisotopic (exact) mass is 711 g/mol. The summed E-state index contributed by atoms with van der Waals surface area (Å²) in [4.78, 5) is 41.5. The highest BCUT2D eigenvalue weighted by atomic mass is 35.5. The number of amides is 2. The van der Waals surface area contributed by atoms with Crippen molar-refractivity contribution in [3.05, 3.63) is 76.3 Å². The van der Waals surface area contributed by atoms with Gasteiger partial charge in [0.1, 0.15) is 29.5 Å². The second-order valence-corrected chi connectivity index (χ2v) is 13.7. The van der Waals surface area contributed by atoms with Crippen molar-refractivity contribution in [3.8, 4) is 0 Å². The summed E-state index contributed by atoms with van der Waals surface area (Å²) in [5.41, 5.74) is 7.39. The van der Waals surface area contributed by atoms with Gasteiger partial charge in [-0.05, 0) is 68.7 Å². The third-order valence-electron chi connectivity index (χ3n) is 9.61. The molecule has 2 saturated heterocycles. The zero-order valence-corrected chi connectivity index (χ0v) is 30.9. The van der Waals surface area contributed by atoms with E-state index in [9.17, 15) is 19.5 Å². The van der Waals surface area contributed by atoms with Crippen LogP contribution >= 0.6 is 11.6 Å². The minimum Gasteiger partial charge on any atom is -0.462 e. The number of allylic oxidation sites excluding steroid dienone is 3. The molecule has 0 unspecified atom stereocenters. The van der Waals surface area contributed by atoms with Gasteiger partial charge in [-0.3, -0.25) is 14.9 Å². The number of ether oxygens (including phenoxy) is 4. The Bertz CT molecular complexity index is 1630. The fourth-order valence-corrected chi connectivity index (χ4v) is 6.97. The van der Waals surface area contributed by atoms with Crippen LogP contribution in [0.15, 0.2) is 60.2 Å². The molecule has 0 aromatic heterocycles. The molecular formula is C38H50ClN3O8. The van der Waals surface area contributed by atoms with Gasteiger partial charge in [0.25, 0.3) is 0 Å². The number of methoxy groups -OCH3 is 1. The van der Waals surface area contributed by atoms with Crippen LogP contribution < -0.4 is 16.0 Å². The number of carbonyl (C=O) groups excluding carboxylic acids is 3. The summed E-state index contributed by atoms with van der Waals surface area (Å²) in [5.74, 6) is -1.35. The Morgan fingerprint density at radius 1 is 1.16 bits per heavy atom. The summed E-state index contributed by atoms with van der Waals surface area (Å²) in [6.45, 7) is 11.5. The molecule has 3 aliphatic rings. The molecule has 3 heterocycles. The molecule has 5 rings (SSSR count). The van der Waals surface area contributed by atoms with E-state index in [-0.39, 0.29) is 25.2 Å². The minimum absolute atomic E-state index is 0.0931. The number of nitrogen functional groups attached to an aromatic ring is 1. The molecule has 2 fully saturated rings. The number of aliphatic hydroxyl groups is 1. The third-order valence-corrected chi connectivity index (χ3v) is 10.1. The zero-order valence-electron chi connectivity index (χ0n) is 30.1. The number of nitrogens with one attached hydrogen (secondary N) is 1. The standard InChI is InChI=1S/C36H44ClN3O8.C2H6/c1-20-8-7-9-28(45-6)36(44)18-27(46-31(42)19-36)22(3)33-35(4,48-33)29(47-34(43)39-25-12-10-24(38)11-13-25)17-30(41)40(5)26-16-23(14-20)15-21(2)32(26)37;1-2/h7-13,15-16,22,27-29,33,44H,14,17-19,38H2,1-6H3,(H,39,43);1-2H3/b9-7+,20-8+;/t22-,27+,28-,29+,33+,35+,36-;/m1./s1. The average molecular weight is 712 g/mol. The second kappa shape index (κ2) is 16.0. The molecule has 3 aliphatic heterocycles. The lowest BCUT2D eigenvalue weighted by Crippen LogP contribution is -2.53. The Labute approximate surface area is 299 Å². The SMILES string of the molecule is CC.CO[C@@H]1/C=C/C=C(\C)Cc2cc(C)c(Cl)c(c2)N(C)C(=O)C[C@H](OC(=O)Nc2ccc(N)cc2)[C@]2(C)O[C@H]2[C@H](C)[C@@H]2C[C@@]1(O)CC(=O)O2. The Balaban J connectivity index is 0.00000276. The molecule has 12 heteroatoms. The summed E-state index contributed by atoms with van der Waals surface area (Å²) in [6, 6.07) is 10.4. The van der Waals surface area contributed by atoms with Crippen molar-refractivity contribution in [2.24, 2.45) is 5.92 Å². The first-order valence-electron chi connectivity index (χ1n) is 17.0. The van der Waals surface area contributed by atoms with Gasteiger partial charge in [0, 0.05) is 37.9 Å². The first kappa shape index (κ1) is 38.9. The molecule has 2 aromatic carbocycles. The number of benzene rings is 2. The van der Waals surface area contributed by atoms with Crippen LogP contribution in [0.3, 0.4) is 0 Å². The van der Waals surface area contributed by atoms with E-state index in [1.54, 1.807) is 44.3 Å². The maximum absolute atomic E-state index is 13.9. The molecule has 0 radical (unpaired) electrons. The second-order valence-electron chi connectivity index (χ2n) is 13.4. The highest BCUT2D eigenvalue weighted by molar-refractivity contribution is 6.34. The van der Waals surface area contributed by atoms with Crippen molar-refractivity contribution in [3.63, 3.8) is 0 Å². The Hall–Kier alpha value is -3.90. The quantitative estimate of drug-likeness (QED) is 0.183. The van der Waals surface area contributed by atoms with Gasteiger partial charge >= 0.3 is 12.1 Å². The molecule has 4 bridgehead atoms. The number of carbonyl (C=O) groups is 3. The zero-order chi connectivity index (χ0) is 37.0. The van der Waals surface area contributed by atoms with Crippen LogP contribution in [0, 0.1) is 12.8 Å². The summed E-state index contributed by atoms with van der Waals surface area (Å²) in [5, 5.41) is 14.9. The van der Waals surface area contributed by atoms with Crippen LogP contribution in [0.1, 0.15) is 65.0 Å². The number of hydrogen-bond acceptors (Lipinski definition) is 9. The summed E-state index contributed by atoms with van der Waals surface area (Å²) < 4.78 is 23.6. The van der Waals surface area contributed by atoms with Gasteiger partial charge in [0.05, 0.1) is 29.7 Å². The van der Waals surface area contributed by atoms with Crippen LogP contribution in [0.4, 0.5) is 21.9 Å². The molecule has 2 aromatic rings. The number of hydrogen-bond donors (Lipinski definition) is 3. The molecule has 0 saturated carbocycles. The van der Waals surface area contributed by atoms with Crippen molar-refractivity contribution in [1.82, 2.24) is 0 Å². The Kier molecular flexibility index (Phi) is 12.4. The van der Waals surface area contributed by atoms with E-state index in [1.165, 1.54) is 12.0 Å². The van der Waals surface area contributed by atoms with Crippen LogP contribution in [0.2, 0.25) is 5.02 Å². The smallest absolute Gasteiger partial charge is 0.412 e. The number of fused-ring (bicyclic) bond motifs is 5. The van der Waals surface area contributed by atoms with Crippen molar-refractivity contribution in [1.29, 1.82) is 0 Å². The number of epoxide rings is 1. The first-order valence-corrected chi connectivity index (χ1v) is 17.4. The fraction of sp³-hybridized carbons (Fsp3) is 0.500. The van der Waals surface area contributed by atoms with Crippen LogP contribution in [0.25, 0.3) is 0 Å². The summed E-state index contributed by atoms with van der Waals surface area (Å²) >= 11 is 6.74. The molecule has 50 heavy (non-hydrogen) atoms. The summed E-state index contributed by atoms with van der Waals surface area (Å²) in [6.07, 6.45) is 1.73. The predicted molar refractivity (Wildman–Crippen MR) is 194 cm³/mol. The number of esters is 1. The highest BCUT2D eigenvalue weighted by Crippen LogP contribution is 2.49. The minimum atomic E-state index is -1.54. The molecule has 7 atom stereocenters. The number of nitrogens with zero attached hydrogens (tertiary/aromatic N) is 1. The van der Waals surface area contributed by atoms with Gasteiger partial charge in [-0.2, -0.15) is 0 Å². The van der Waals surface area contributed by atoms with E-state index in [1.807, 2.05) is 58.9 Å². The molecule has 272 valence electrons. The lowest BCUT2D eigenvalue weighted by Gasteiger charge is -2.41. The molecule has 4 N–H and O–H groups in total. The van der Waals surface area contributed by atoms with Crippen LogP contribution in [-0.2, 0) is 35.0 Å². The third kappa shape index (κ3) is 8.69. The Morgan fingerprint density at radius 3 is 2.50 bits per heavy atom. The van der Waals surface area contributed by atoms with E-state index in [0.29, 0.717) is 28.5 Å². The number of aryl methyl sites for hydroxylation is 1. The van der Waals surface area contributed by atoms with Gasteiger partial charge in [-0.25, -0.2) is 4.79 Å². The molecule has 11 nitrogen and oxygen atoms in total. The number of rotatable bonds is 3. The van der Waals surface area contributed by atoms with Gasteiger partial charge in [0.15, 0.2) is 0 Å². The first-order chi connectivity index (χ1) is 23.6. The number of halogens is 1. The van der Waals surface area contributed by atoms with Gasteiger partial charge in [-0.15, -0.1) is 0 Å². The van der Waals surface area contributed by atoms with Gasteiger partial charge < -0.3 is 34.7 Å². The van der Waals surface area contributed by atoms with Crippen molar-refractivity contribution in [2.75, 3.05) is 30.1 Å². The normalized spacial score (nSPS) is 31.5. The number of nitrogens with two attached hydrogens (primary N) is 1. The maximum Gasteiger partial charge on any atom is 0.412 e. The van der Waals surface area contributed by atoms with Crippen LogP contribution in [0.5, 0.6) is 0 Å². The molecule has 0 spiro atoms. The molecular weight excluding hydrogens is 662 g/mol. The van der Waals surface area contributed by atoms with E-state index < -0.39 is 53.6 Å². The largest absolute Gasteiger partial charge is 0.462 e. The lowest BCUT2D eigenvalue weighted by molar-refractivity contribution is -0.187. The van der Waals surface area contributed by atoms with E-state index >= 15 is 0 Å². The van der Waals surface area contributed by atoms with E-state index in [4.69, 9.17) is 36.3 Å². The Morgan fingerprint density at radius 2 is 1.84 bits per heavy atom. The lowest BCUT2D eigenvalue weighted by atomic mass is 9.78. The topological polar surface area (TPSA) is 153 Å². The van der Waals surface area contributed by atoms with Crippen molar-refractivity contribution in [2.45, 2.75) is 103 Å². The van der Waals surface area contributed by atoms with Crippen molar-refractivity contribution < 1.29 is 38.4 Å². The van der Waals surface area contributed by atoms with Crippen LogP contribution in [-0.4, -0.2) is 72.9 Å². The molecule has 2 amide bonds. The van der Waals surface area contributed by atoms with E-state index in [0.717, 1.165) is 16.7 Å². The number of anilines is 3. The maximum atomic E-state index is 13.9. The average Bonchev–Trinajstić information content (AvgIpc) is 3.77. The van der Waals surface area contributed by atoms with Gasteiger partial charge in [-0.1, -0.05) is 62.2 Å². The highest BCUT2D eigenvalue weighted by Gasteiger charge is 2.64. The van der Waals surface area contributed by atoms with E-state index in [2.05, 4.69) is 5.32 Å². The molecule has 0 aliphatic carbocycles. The fourth-order valence-electron chi connectivity index (χ4n) is 6.74. The van der Waals surface area contributed by atoms with Crippen molar-refractivity contribution >= 4 is 46.6 Å². The predicted octanol–water partition coefficient (Wildman–Crippen LogP) is 6.53.